The van der Waals surface area contributed by atoms with Crippen LogP contribution in [0.2, 0.25) is 0 Å². The van der Waals surface area contributed by atoms with Crippen LogP contribution in [0.3, 0.4) is 0 Å². The highest BCUT2D eigenvalue weighted by Gasteiger charge is 2.23. The molecule has 3 nitrogen and oxygen atoms in total. The Morgan fingerprint density at radius 2 is 2.25 bits per heavy atom. The first-order valence-electron chi connectivity index (χ1n) is 7.60. The third-order valence-corrected chi connectivity index (χ3v) is 4.19. The van der Waals surface area contributed by atoms with Gasteiger partial charge in [0.25, 0.3) is 0 Å². The first-order chi connectivity index (χ1) is 9.78. The second-order valence-electron chi connectivity index (χ2n) is 5.72. The summed E-state index contributed by atoms with van der Waals surface area (Å²) in [6, 6.07) is 9.42. The van der Waals surface area contributed by atoms with Crippen LogP contribution in [0.4, 0.5) is 0 Å². The molecule has 0 saturated heterocycles. The molecule has 2 aromatic rings. The summed E-state index contributed by atoms with van der Waals surface area (Å²) in [5.41, 5.74) is 4.14. The number of benzene rings is 1. The predicted molar refractivity (Wildman–Crippen MR) is 81.6 cm³/mol. The number of nitrogens with zero attached hydrogens (tertiary/aromatic N) is 2. The Labute approximate surface area is 121 Å². The first-order valence-corrected chi connectivity index (χ1v) is 7.60. The van der Waals surface area contributed by atoms with Gasteiger partial charge in [0.15, 0.2) is 0 Å². The lowest BCUT2D eigenvalue weighted by Gasteiger charge is -2.16. The molecule has 1 fully saturated rings. The zero-order chi connectivity index (χ0) is 13.9. The standard InChI is InChI=1S/C17H23N3/c1-3-20-12-18-10-17(20)11-19-13(2)15-5-4-6-16(9-15)14-7-8-14/h4-6,9-10,12-14,19H,3,7-8,11H2,1-2H3. The number of nitrogens with one attached hydrogen (secondary N) is 1. The average molecular weight is 269 g/mol. The molecule has 1 unspecified atom stereocenters. The molecule has 20 heavy (non-hydrogen) atoms. The summed E-state index contributed by atoms with van der Waals surface area (Å²) >= 11 is 0. The number of aromatic nitrogens is 2. The smallest absolute Gasteiger partial charge is 0.0948 e. The minimum Gasteiger partial charge on any atom is -0.334 e. The molecular formula is C17H23N3. The van der Waals surface area contributed by atoms with Gasteiger partial charge in [0.1, 0.15) is 0 Å². The Morgan fingerprint density at radius 1 is 1.40 bits per heavy atom. The number of rotatable bonds is 6. The molecule has 0 radical (unpaired) electrons. The molecule has 0 bridgehead atoms. The minimum absolute atomic E-state index is 0.369. The van der Waals surface area contributed by atoms with Crippen molar-refractivity contribution >= 4 is 0 Å². The Bertz CT molecular complexity index is 569. The van der Waals surface area contributed by atoms with Crippen LogP contribution in [0.25, 0.3) is 0 Å². The Hall–Kier alpha value is -1.61. The van der Waals surface area contributed by atoms with Crippen molar-refractivity contribution in [1.29, 1.82) is 0 Å². The maximum Gasteiger partial charge on any atom is 0.0948 e. The van der Waals surface area contributed by atoms with Crippen LogP contribution in [-0.4, -0.2) is 9.55 Å². The maximum absolute atomic E-state index is 4.21. The van der Waals surface area contributed by atoms with Gasteiger partial charge in [0, 0.05) is 25.3 Å². The minimum atomic E-state index is 0.369. The van der Waals surface area contributed by atoms with Crippen molar-refractivity contribution < 1.29 is 0 Å². The molecule has 0 aliphatic heterocycles. The van der Waals surface area contributed by atoms with Crippen molar-refractivity contribution in [1.82, 2.24) is 14.9 Å². The van der Waals surface area contributed by atoms with E-state index >= 15 is 0 Å². The summed E-state index contributed by atoms with van der Waals surface area (Å²) in [6.07, 6.45) is 6.57. The van der Waals surface area contributed by atoms with Gasteiger partial charge in [-0.3, -0.25) is 0 Å². The van der Waals surface area contributed by atoms with E-state index in [0.29, 0.717) is 6.04 Å². The SMILES string of the molecule is CCn1cncc1CNC(C)c1cccc(C2CC2)c1. The van der Waals surface area contributed by atoms with Crippen LogP contribution in [0, 0.1) is 0 Å². The molecule has 1 saturated carbocycles. The van der Waals surface area contributed by atoms with Crippen LogP contribution < -0.4 is 5.32 Å². The van der Waals surface area contributed by atoms with Crippen molar-refractivity contribution in [2.24, 2.45) is 0 Å². The van der Waals surface area contributed by atoms with Gasteiger partial charge in [-0.2, -0.15) is 0 Å². The van der Waals surface area contributed by atoms with Gasteiger partial charge in [-0.1, -0.05) is 24.3 Å². The molecule has 1 heterocycles. The van der Waals surface area contributed by atoms with E-state index in [4.69, 9.17) is 0 Å². The molecule has 1 N–H and O–H groups in total. The van der Waals surface area contributed by atoms with E-state index < -0.39 is 0 Å². The zero-order valence-corrected chi connectivity index (χ0v) is 12.3. The fourth-order valence-electron chi connectivity index (χ4n) is 2.65. The third kappa shape index (κ3) is 2.93. The number of imidazole rings is 1. The van der Waals surface area contributed by atoms with Crippen LogP contribution in [0.15, 0.2) is 36.8 Å². The summed E-state index contributed by atoms with van der Waals surface area (Å²) in [5.74, 6) is 0.823. The number of hydrogen-bond donors (Lipinski definition) is 1. The highest BCUT2D eigenvalue weighted by Crippen LogP contribution is 2.40. The molecule has 1 aromatic carbocycles. The predicted octanol–water partition coefficient (Wildman–Crippen LogP) is 3.63. The van der Waals surface area contributed by atoms with Crippen molar-refractivity contribution in [2.75, 3.05) is 0 Å². The third-order valence-electron chi connectivity index (χ3n) is 4.19. The summed E-state index contributed by atoms with van der Waals surface area (Å²) in [4.78, 5) is 4.21. The summed E-state index contributed by atoms with van der Waals surface area (Å²) in [5, 5.41) is 3.60. The summed E-state index contributed by atoms with van der Waals surface area (Å²) in [6.45, 7) is 6.22. The lowest BCUT2D eigenvalue weighted by Crippen LogP contribution is -2.20. The molecule has 106 valence electrons. The second kappa shape index (κ2) is 5.80. The molecule has 0 amide bonds. The van der Waals surface area contributed by atoms with Crippen molar-refractivity contribution in [3.8, 4) is 0 Å². The average Bonchev–Trinajstić information content (AvgIpc) is 3.24. The van der Waals surface area contributed by atoms with Gasteiger partial charge in [-0.15, -0.1) is 0 Å². The topological polar surface area (TPSA) is 29.9 Å². The number of aryl methyl sites for hydroxylation is 1. The zero-order valence-electron chi connectivity index (χ0n) is 12.3. The van der Waals surface area contributed by atoms with Crippen LogP contribution in [0.1, 0.15) is 55.5 Å². The molecular weight excluding hydrogens is 246 g/mol. The highest BCUT2D eigenvalue weighted by molar-refractivity contribution is 5.30. The highest BCUT2D eigenvalue weighted by atomic mass is 15.1. The van der Waals surface area contributed by atoms with Gasteiger partial charge < -0.3 is 9.88 Å². The van der Waals surface area contributed by atoms with Crippen LogP contribution in [0.5, 0.6) is 0 Å². The van der Waals surface area contributed by atoms with E-state index in [1.807, 2.05) is 12.5 Å². The van der Waals surface area contributed by atoms with E-state index in [1.165, 1.54) is 29.7 Å². The van der Waals surface area contributed by atoms with Crippen LogP contribution >= 0.6 is 0 Å². The maximum atomic E-state index is 4.21. The Morgan fingerprint density at radius 3 is 3.00 bits per heavy atom. The van der Waals surface area contributed by atoms with Gasteiger partial charge >= 0.3 is 0 Å². The fraction of sp³-hybridized carbons (Fsp3) is 0.471. The monoisotopic (exact) mass is 269 g/mol. The van der Waals surface area contributed by atoms with E-state index in [0.717, 1.165) is 19.0 Å². The van der Waals surface area contributed by atoms with Crippen molar-refractivity contribution in [2.45, 2.75) is 51.7 Å². The fourth-order valence-corrected chi connectivity index (χ4v) is 2.65. The lowest BCUT2D eigenvalue weighted by molar-refractivity contribution is 0.549. The second-order valence-corrected chi connectivity index (χ2v) is 5.72. The van der Waals surface area contributed by atoms with Gasteiger partial charge in [-0.25, -0.2) is 4.98 Å². The van der Waals surface area contributed by atoms with Crippen molar-refractivity contribution in [3.05, 3.63) is 53.6 Å². The number of hydrogen-bond acceptors (Lipinski definition) is 2. The van der Waals surface area contributed by atoms with Crippen molar-refractivity contribution in [3.63, 3.8) is 0 Å². The summed E-state index contributed by atoms with van der Waals surface area (Å²) < 4.78 is 2.18. The molecule has 1 aliphatic rings. The van der Waals surface area contributed by atoms with Gasteiger partial charge in [0.2, 0.25) is 0 Å². The van der Waals surface area contributed by atoms with E-state index in [1.54, 1.807) is 0 Å². The van der Waals surface area contributed by atoms with E-state index in [2.05, 4.69) is 53.0 Å². The molecule has 3 heteroatoms. The first kappa shape index (κ1) is 13.4. The summed E-state index contributed by atoms with van der Waals surface area (Å²) in [7, 11) is 0. The normalized spacial score (nSPS) is 16.3. The lowest BCUT2D eigenvalue weighted by atomic mass is 10.0. The molecule has 0 spiro atoms. The molecule has 1 aliphatic carbocycles. The Kier molecular flexibility index (Phi) is 3.88. The molecule has 3 rings (SSSR count). The molecule has 1 atom stereocenters. The largest absolute Gasteiger partial charge is 0.334 e. The quantitative estimate of drug-likeness (QED) is 0.868. The van der Waals surface area contributed by atoms with Gasteiger partial charge in [0.05, 0.1) is 12.0 Å². The van der Waals surface area contributed by atoms with Crippen LogP contribution in [-0.2, 0) is 13.1 Å². The van der Waals surface area contributed by atoms with Gasteiger partial charge in [-0.05, 0) is 43.7 Å². The van der Waals surface area contributed by atoms with E-state index in [9.17, 15) is 0 Å². The van der Waals surface area contributed by atoms with E-state index in [-0.39, 0.29) is 0 Å². The molecule has 1 aromatic heterocycles. The Balaban J connectivity index is 1.64.